The van der Waals surface area contributed by atoms with Crippen molar-refractivity contribution in [1.29, 1.82) is 0 Å². The molecule has 0 fully saturated rings. The Balaban J connectivity index is 1.64. The van der Waals surface area contributed by atoms with Gasteiger partial charge in [-0.15, -0.1) is 11.3 Å². The summed E-state index contributed by atoms with van der Waals surface area (Å²) >= 11 is 1.43. The lowest BCUT2D eigenvalue weighted by Gasteiger charge is -2.10. The number of ether oxygens (including phenoxy) is 1. The summed E-state index contributed by atoms with van der Waals surface area (Å²) in [5.74, 6) is 0.560. The average Bonchev–Trinajstić information content (AvgIpc) is 3.15. The first-order valence-corrected chi connectivity index (χ1v) is 10.6. The van der Waals surface area contributed by atoms with Gasteiger partial charge in [-0.3, -0.25) is 14.2 Å². The Morgan fingerprint density at radius 1 is 1.10 bits per heavy atom. The predicted molar refractivity (Wildman–Crippen MR) is 121 cm³/mol. The highest BCUT2D eigenvalue weighted by atomic mass is 32.1. The summed E-state index contributed by atoms with van der Waals surface area (Å²) in [5.41, 5.74) is 3.30. The number of rotatable bonds is 6. The highest BCUT2D eigenvalue weighted by Crippen LogP contribution is 2.30. The topological polar surface area (TPSA) is 61.2 Å². The van der Waals surface area contributed by atoms with Gasteiger partial charge in [0.25, 0.3) is 5.56 Å². The number of aryl methyl sites for hydroxylation is 1. The van der Waals surface area contributed by atoms with Gasteiger partial charge in [-0.1, -0.05) is 29.8 Å². The van der Waals surface area contributed by atoms with Gasteiger partial charge in [0.2, 0.25) is 0 Å². The number of hydrogen-bond donors (Lipinski definition) is 0. The molecule has 152 valence electrons. The molecule has 5 nitrogen and oxygen atoms in total. The third kappa shape index (κ3) is 4.04. The van der Waals surface area contributed by atoms with Crippen molar-refractivity contribution in [2.75, 3.05) is 0 Å². The second-order valence-electron chi connectivity index (χ2n) is 7.49. The molecule has 0 bridgehead atoms. The minimum atomic E-state index is -0.204. The minimum Gasteiger partial charge on any atom is -0.491 e. The van der Waals surface area contributed by atoms with Crippen molar-refractivity contribution in [3.05, 3.63) is 81.7 Å². The van der Waals surface area contributed by atoms with Crippen LogP contribution in [0.15, 0.2) is 65.0 Å². The molecule has 0 radical (unpaired) electrons. The average molecular weight is 419 g/mol. The highest BCUT2D eigenvalue weighted by Gasteiger charge is 2.15. The van der Waals surface area contributed by atoms with Crippen LogP contribution in [0.1, 0.15) is 29.8 Å². The molecule has 2 aromatic heterocycles. The number of ketones is 1. The smallest absolute Gasteiger partial charge is 0.263 e. The molecule has 0 saturated carbocycles. The van der Waals surface area contributed by atoms with E-state index < -0.39 is 0 Å². The Morgan fingerprint density at radius 2 is 1.80 bits per heavy atom. The van der Waals surface area contributed by atoms with Crippen LogP contribution in [0.4, 0.5) is 0 Å². The van der Waals surface area contributed by atoms with Crippen LogP contribution in [0.5, 0.6) is 5.75 Å². The van der Waals surface area contributed by atoms with Gasteiger partial charge in [-0.2, -0.15) is 0 Å². The molecule has 0 unspecified atom stereocenters. The Kier molecular flexibility index (Phi) is 5.50. The van der Waals surface area contributed by atoms with Gasteiger partial charge >= 0.3 is 0 Å². The molecule has 4 aromatic rings. The van der Waals surface area contributed by atoms with Gasteiger partial charge in [0.05, 0.1) is 24.4 Å². The van der Waals surface area contributed by atoms with E-state index in [0.29, 0.717) is 21.5 Å². The van der Waals surface area contributed by atoms with Crippen LogP contribution in [0, 0.1) is 6.92 Å². The molecule has 0 spiro atoms. The highest BCUT2D eigenvalue weighted by molar-refractivity contribution is 7.17. The lowest BCUT2D eigenvalue weighted by molar-refractivity contribution is 0.0970. The maximum atomic E-state index is 13.2. The molecule has 30 heavy (non-hydrogen) atoms. The number of nitrogens with zero attached hydrogens (tertiary/aromatic N) is 2. The Morgan fingerprint density at radius 3 is 2.47 bits per heavy atom. The summed E-state index contributed by atoms with van der Waals surface area (Å²) in [5, 5.41) is 2.50. The van der Waals surface area contributed by atoms with Crippen molar-refractivity contribution in [2.24, 2.45) is 0 Å². The van der Waals surface area contributed by atoms with Crippen molar-refractivity contribution in [1.82, 2.24) is 9.55 Å². The summed E-state index contributed by atoms with van der Waals surface area (Å²) in [4.78, 5) is 31.0. The third-order valence-corrected chi connectivity index (χ3v) is 5.67. The zero-order valence-corrected chi connectivity index (χ0v) is 17.9. The fourth-order valence-corrected chi connectivity index (χ4v) is 4.17. The summed E-state index contributed by atoms with van der Waals surface area (Å²) in [6, 6.07) is 15.0. The third-order valence-electron chi connectivity index (χ3n) is 4.79. The fraction of sp³-hybridized carbons (Fsp3) is 0.208. The van der Waals surface area contributed by atoms with Gasteiger partial charge in [0, 0.05) is 16.5 Å². The fourth-order valence-electron chi connectivity index (χ4n) is 3.26. The molecule has 6 heteroatoms. The predicted octanol–water partition coefficient (Wildman–Crippen LogP) is 5.10. The molecule has 2 heterocycles. The van der Waals surface area contributed by atoms with Crippen LogP contribution in [-0.4, -0.2) is 21.4 Å². The minimum absolute atomic E-state index is 0.0602. The number of carbonyl (C=O) groups is 1. The maximum Gasteiger partial charge on any atom is 0.263 e. The maximum absolute atomic E-state index is 13.2. The lowest BCUT2D eigenvalue weighted by atomic mass is 10.0. The van der Waals surface area contributed by atoms with Crippen LogP contribution in [-0.2, 0) is 6.54 Å². The van der Waals surface area contributed by atoms with Crippen LogP contribution < -0.4 is 10.3 Å². The molecular weight excluding hydrogens is 396 g/mol. The van der Waals surface area contributed by atoms with E-state index in [1.165, 1.54) is 22.2 Å². The number of aromatic nitrogens is 2. The summed E-state index contributed by atoms with van der Waals surface area (Å²) in [6.07, 6.45) is 1.52. The van der Waals surface area contributed by atoms with Gasteiger partial charge in [-0.05, 0) is 50.6 Å². The molecule has 0 N–H and O–H groups in total. The Bertz CT molecular complexity index is 1250. The van der Waals surface area contributed by atoms with Crippen molar-refractivity contribution < 1.29 is 9.53 Å². The monoisotopic (exact) mass is 418 g/mol. The molecule has 0 aliphatic rings. The first-order chi connectivity index (χ1) is 14.4. The first kappa shape index (κ1) is 20.0. The second-order valence-corrected chi connectivity index (χ2v) is 8.35. The van der Waals surface area contributed by atoms with E-state index in [1.54, 1.807) is 24.3 Å². The number of hydrogen-bond acceptors (Lipinski definition) is 5. The normalized spacial score (nSPS) is 11.2. The zero-order chi connectivity index (χ0) is 21.3. The number of Topliss-reactive ketones (excluding diaryl/α,β-unsaturated/α-hetero) is 1. The van der Waals surface area contributed by atoms with E-state index in [-0.39, 0.29) is 24.0 Å². The summed E-state index contributed by atoms with van der Waals surface area (Å²) in [7, 11) is 0. The Labute approximate surface area is 178 Å². The first-order valence-electron chi connectivity index (χ1n) is 9.76. The molecule has 0 saturated heterocycles. The van der Waals surface area contributed by atoms with Gasteiger partial charge in [0.15, 0.2) is 5.78 Å². The van der Waals surface area contributed by atoms with Crippen LogP contribution >= 0.6 is 11.3 Å². The molecular formula is C24H22N2O3S. The number of thiophene rings is 1. The second kappa shape index (κ2) is 8.24. The number of benzene rings is 2. The SMILES string of the molecule is Cc1ccc(-c2csc3ncn(CC(=O)c4ccc(OC(C)C)cc4)c(=O)c23)cc1. The molecule has 0 atom stereocenters. The van der Waals surface area contributed by atoms with Crippen molar-refractivity contribution >= 4 is 27.3 Å². The molecule has 0 amide bonds. The van der Waals surface area contributed by atoms with E-state index >= 15 is 0 Å². The summed E-state index contributed by atoms with van der Waals surface area (Å²) in [6.45, 7) is 5.86. The standard InChI is InChI=1S/C24H22N2O3S/c1-15(2)29-19-10-8-18(9-11-19)21(27)12-26-14-25-23-22(24(26)28)20(13-30-23)17-6-4-16(3)5-7-17/h4-11,13-15H,12H2,1-3H3. The largest absolute Gasteiger partial charge is 0.491 e. The van der Waals surface area contributed by atoms with Crippen LogP contribution in [0.3, 0.4) is 0 Å². The van der Waals surface area contributed by atoms with E-state index in [4.69, 9.17) is 4.74 Å². The molecule has 4 rings (SSSR count). The van der Waals surface area contributed by atoms with Crippen LogP contribution in [0.2, 0.25) is 0 Å². The number of carbonyl (C=O) groups excluding carboxylic acids is 1. The van der Waals surface area contributed by atoms with Crippen molar-refractivity contribution in [2.45, 2.75) is 33.4 Å². The van der Waals surface area contributed by atoms with E-state index in [0.717, 1.165) is 16.7 Å². The van der Waals surface area contributed by atoms with E-state index in [1.807, 2.05) is 50.4 Å². The lowest BCUT2D eigenvalue weighted by Crippen LogP contribution is -2.24. The van der Waals surface area contributed by atoms with Crippen LogP contribution in [0.25, 0.3) is 21.3 Å². The van der Waals surface area contributed by atoms with Gasteiger partial charge < -0.3 is 4.74 Å². The molecule has 0 aliphatic heterocycles. The Hall–Kier alpha value is -3.25. The molecule has 2 aromatic carbocycles. The zero-order valence-electron chi connectivity index (χ0n) is 17.1. The summed E-state index contributed by atoms with van der Waals surface area (Å²) < 4.78 is 7.00. The van der Waals surface area contributed by atoms with Gasteiger partial charge in [0.1, 0.15) is 10.6 Å². The number of fused-ring (bicyclic) bond motifs is 1. The van der Waals surface area contributed by atoms with E-state index in [9.17, 15) is 9.59 Å². The van der Waals surface area contributed by atoms with Crippen molar-refractivity contribution in [3.8, 4) is 16.9 Å². The van der Waals surface area contributed by atoms with E-state index in [2.05, 4.69) is 4.98 Å². The van der Waals surface area contributed by atoms with Gasteiger partial charge in [-0.25, -0.2) is 4.98 Å². The van der Waals surface area contributed by atoms with Crippen molar-refractivity contribution in [3.63, 3.8) is 0 Å². The quantitative estimate of drug-likeness (QED) is 0.409. The molecule has 0 aliphatic carbocycles.